The first kappa shape index (κ1) is 13.6. The van der Waals surface area contributed by atoms with Crippen LogP contribution in [0.3, 0.4) is 0 Å². The summed E-state index contributed by atoms with van der Waals surface area (Å²) in [5, 5.41) is 19.7. The molecule has 0 aliphatic rings. The Morgan fingerprint density at radius 2 is 2.10 bits per heavy atom. The molecular formula is C15H13NO4. The van der Waals surface area contributed by atoms with E-state index in [0.717, 1.165) is 6.07 Å². The van der Waals surface area contributed by atoms with Crippen molar-refractivity contribution in [2.75, 3.05) is 0 Å². The highest BCUT2D eigenvalue weighted by Crippen LogP contribution is 2.26. The van der Waals surface area contributed by atoms with Gasteiger partial charge in [-0.1, -0.05) is 12.7 Å². The van der Waals surface area contributed by atoms with Crippen LogP contribution >= 0.6 is 0 Å². The summed E-state index contributed by atoms with van der Waals surface area (Å²) in [5.74, 6) is -0.544. The zero-order chi connectivity index (χ0) is 14.7. The maximum Gasteiger partial charge on any atom is 0.266 e. The molecule has 0 spiro atoms. The Labute approximate surface area is 114 Å². The molecule has 0 aliphatic heterocycles. The minimum atomic E-state index is -0.428. The van der Waals surface area contributed by atoms with Crippen molar-refractivity contribution in [2.24, 2.45) is 0 Å². The van der Waals surface area contributed by atoms with Gasteiger partial charge in [0.15, 0.2) is 5.78 Å². The zero-order valence-electron chi connectivity index (χ0n) is 10.6. The number of benzene rings is 1. The van der Waals surface area contributed by atoms with Crippen molar-refractivity contribution in [1.29, 1.82) is 0 Å². The fourth-order valence-electron chi connectivity index (χ4n) is 1.84. The molecule has 0 saturated carbocycles. The van der Waals surface area contributed by atoms with Crippen molar-refractivity contribution in [3.05, 3.63) is 53.5 Å². The molecule has 20 heavy (non-hydrogen) atoms. The maximum atomic E-state index is 12.2. The molecule has 0 saturated heterocycles. The molecule has 0 aliphatic carbocycles. The van der Waals surface area contributed by atoms with Crippen molar-refractivity contribution >= 4 is 22.8 Å². The number of phenolic OH excluding ortho intramolecular Hbond substituents is 2. The third-order valence-electron chi connectivity index (χ3n) is 2.81. The number of carbonyl (C=O) groups is 1. The molecule has 1 aromatic carbocycles. The number of phenols is 2. The van der Waals surface area contributed by atoms with Crippen LogP contribution in [-0.4, -0.2) is 20.6 Å². The molecule has 1 aromatic heterocycles. The predicted molar refractivity (Wildman–Crippen MR) is 76.7 cm³/mol. The highest BCUT2D eigenvalue weighted by molar-refractivity contribution is 5.90. The second-order valence-electron chi connectivity index (χ2n) is 4.22. The monoisotopic (exact) mass is 271 g/mol. The number of allylic oxidation sites excluding steroid dienone is 2. The molecule has 2 aromatic rings. The summed E-state index contributed by atoms with van der Waals surface area (Å²) < 4.78 is 1.26. The van der Waals surface area contributed by atoms with Crippen molar-refractivity contribution in [3.63, 3.8) is 0 Å². The largest absolute Gasteiger partial charge is 0.508 e. The molecule has 0 atom stereocenters. The molecule has 2 N–H and O–H groups in total. The molecule has 5 heteroatoms. The highest BCUT2D eigenvalue weighted by Gasteiger charge is 2.08. The van der Waals surface area contributed by atoms with Crippen molar-refractivity contribution in [1.82, 2.24) is 4.57 Å². The smallest absolute Gasteiger partial charge is 0.266 e. The second-order valence-corrected chi connectivity index (χ2v) is 4.22. The van der Waals surface area contributed by atoms with Gasteiger partial charge in [-0.05, 0) is 23.6 Å². The van der Waals surface area contributed by atoms with Gasteiger partial charge in [-0.15, -0.1) is 0 Å². The van der Waals surface area contributed by atoms with Gasteiger partial charge >= 0.3 is 0 Å². The van der Waals surface area contributed by atoms with Gasteiger partial charge in [-0.25, -0.2) is 0 Å². The number of ketones is 1. The van der Waals surface area contributed by atoms with Gasteiger partial charge in [-0.2, -0.15) is 0 Å². The molecule has 0 radical (unpaired) electrons. The molecule has 0 bridgehead atoms. The SMILES string of the molecule is C=CC(=O)CC=Cn1ccc2cc(O)cc(O)c2c1=O. The van der Waals surface area contributed by atoms with E-state index < -0.39 is 5.56 Å². The predicted octanol–water partition coefficient (Wildman–Crippen LogP) is 2.03. The Morgan fingerprint density at radius 3 is 2.80 bits per heavy atom. The summed E-state index contributed by atoms with van der Waals surface area (Å²) in [6.07, 6.45) is 5.85. The topological polar surface area (TPSA) is 79.5 Å². The fourth-order valence-corrected chi connectivity index (χ4v) is 1.84. The van der Waals surface area contributed by atoms with Crippen LogP contribution in [0.4, 0.5) is 0 Å². The quantitative estimate of drug-likeness (QED) is 0.834. The number of nitrogens with zero attached hydrogens (tertiary/aromatic N) is 1. The number of aromatic hydroxyl groups is 2. The number of hydrogen-bond donors (Lipinski definition) is 2. The lowest BCUT2D eigenvalue weighted by atomic mass is 10.1. The van der Waals surface area contributed by atoms with E-state index in [2.05, 4.69) is 6.58 Å². The number of carbonyl (C=O) groups excluding carboxylic acids is 1. The first-order valence-electron chi connectivity index (χ1n) is 5.91. The van der Waals surface area contributed by atoms with Gasteiger partial charge in [0.25, 0.3) is 5.56 Å². The Hall–Kier alpha value is -2.82. The van der Waals surface area contributed by atoms with Gasteiger partial charge in [0.05, 0.1) is 5.39 Å². The van der Waals surface area contributed by atoms with E-state index in [9.17, 15) is 19.8 Å². The van der Waals surface area contributed by atoms with Gasteiger partial charge in [0, 0.05) is 24.9 Å². The Morgan fingerprint density at radius 1 is 1.35 bits per heavy atom. The number of aromatic nitrogens is 1. The molecule has 102 valence electrons. The lowest BCUT2D eigenvalue weighted by Crippen LogP contribution is -2.14. The minimum Gasteiger partial charge on any atom is -0.508 e. The number of pyridine rings is 1. The van der Waals surface area contributed by atoms with Crippen LogP contribution in [0.1, 0.15) is 6.42 Å². The summed E-state index contributed by atoms with van der Waals surface area (Å²) in [6.45, 7) is 3.36. The summed E-state index contributed by atoms with van der Waals surface area (Å²) in [5.41, 5.74) is -0.428. The molecule has 1 heterocycles. The Balaban J connectivity index is 2.47. The lowest BCUT2D eigenvalue weighted by molar-refractivity contribution is -0.113. The van der Waals surface area contributed by atoms with Gasteiger partial charge in [0.2, 0.25) is 0 Å². The third kappa shape index (κ3) is 2.61. The molecule has 5 nitrogen and oxygen atoms in total. The first-order chi connectivity index (χ1) is 9.52. The van der Waals surface area contributed by atoms with Crippen LogP contribution in [0.25, 0.3) is 17.0 Å². The molecular weight excluding hydrogens is 258 g/mol. The van der Waals surface area contributed by atoms with Gasteiger partial charge < -0.3 is 10.2 Å². The summed E-state index contributed by atoms with van der Waals surface area (Å²) in [6, 6.07) is 4.10. The normalized spacial score (nSPS) is 11.0. The Bertz CT molecular complexity index is 771. The average molecular weight is 271 g/mol. The molecule has 0 unspecified atom stereocenters. The first-order valence-corrected chi connectivity index (χ1v) is 5.91. The van der Waals surface area contributed by atoms with Crippen LogP contribution < -0.4 is 5.56 Å². The van der Waals surface area contributed by atoms with E-state index >= 15 is 0 Å². The van der Waals surface area contributed by atoms with Crippen molar-refractivity contribution < 1.29 is 15.0 Å². The highest BCUT2D eigenvalue weighted by atomic mass is 16.3. The molecule has 0 amide bonds. The Kier molecular flexibility index (Phi) is 3.70. The maximum absolute atomic E-state index is 12.2. The van der Waals surface area contributed by atoms with E-state index in [-0.39, 0.29) is 29.1 Å². The van der Waals surface area contributed by atoms with Crippen molar-refractivity contribution in [2.45, 2.75) is 6.42 Å². The van der Waals surface area contributed by atoms with Crippen LogP contribution in [0.5, 0.6) is 11.5 Å². The van der Waals surface area contributed by atoms with Gasteiger partial charge in [-0.3, -0.25) is 14.2 Å². The fraction of sp³-hybridized carbons (Fsp3) is 0.0667. The second kappa shape index (κ2) is 5.44. The van der Waals surface area contributed by atoms with E-state index in [1.54, 1.807) is 6.07 Å². The minimum absolute atomic E-state index is 0.112. The van der Waals surface area contributed by atoms with E-state index in [1.807, 2.05) is 0 Å². The third-order valence-corrected chi connectivity index (χ3v) is 2.81. The van der Waals surface area contributed by atoms with Crippen molar-refractivity contribution in [3.8, 4) is 11.5 Å². The van der Waals surface area contributed by atoms with E-state index in [4.69, 9.17) is 0 Å². The molecule has 2 rings (SSSR count). The summed E-state index contributed by atoms with van der Waals surface area (Å²) in [4.78, 5) is 23.2. The number of hydrogen-bond acceptors (Lipinski definition) is 4. The number of fused-ring (bicyclic) bond motifs is 1. The zero-order valence-corrected chi connectivity index (χ0v) is 10.6. The van der Waals surface area contributed by atoms with Crippen LogP contribution in [0.15, 0.2) is 47.9 Å². The van der Waals surface area contributed by atoms with Crippen LogP contribution in [-0.2, 0) is 4.79 Å². The lowest BCUT2D eigenvalue weighted by Gasteiger charge is -2.04. The van der Waals surface area contributed by atoms with Crippen LogP contribution in [0.2, 0.25) is 0 Å². The standard InChI is InChI=1S/C15H13NO4/c1-2-11(17)4-3-6-16-7-5-10-8-12(18)9-13(19)14(10)15(16)20/h2-3,5-9,18-19H,1,4H2. The number of rotatable bonds is 4. The van der Waals surface area contributed by atoms with Gasteiger partial charge in [0.1, 0.15) is 11.5 Å². The average Bonchev–Trinajstić information content (AvgIpc) is 2.40. The van der Waals surface area contributed by atoms with E-state index in [1.165, 1.54) is 35.2 Å². The van der Waals surface area contributed by atoms with E-state index in [0.29, 0.717) is 5.39 Å². The summed E-state index contributed by atoms with van der Waals surface area (Å²) in [7, 11) is 0. The van der Waals surface area contributed by atoms with Crippen LogP contribution in [0, 0.1) is 0 Å². The molecule has 0 fully saturated rings. The summed E-state index contributed by atoms with van der Waals surface area (Å²) >= 11 is 0.